The molecular formula is C42H50N8O7. The van der Waals surface area contributed by atoms with E-state index in [1.165, 1.54) is 20.0 Å². The number of ether oxygens (including phenoxy) is 1. The van der Waals surface area contributed by atoms with Crippen LogP contribution < -0.4 is 19.9 Å². The predicted octanol–water partition coefficient (Wildman–Crippen LogP) is 4.09. The molecule has 1 N–H and O–H groups in total. The monoisotopic (exact) mass is 778 g/mol. The van der Waals surface area contributed by atoms with E-state index in [1.807, 2.05) is 31.4 Å². The summed E-state index contributed by atoms with van der Waals surface area (Å²) in [4.78, 5) is 72.4. The second kappa shape index (κ2) is 14.7. The van der Waals surface area contributed by atoms with Crippen molar-refractivity contribution in [2.75, 3.05) is 69.3 Å². The lowest BCUT2D eigenvalue weighted by Gasteiger charge is -2.57. The van der Waals surface area contributed by atoms with E-state index >= 15 is 0 Å². The summed E-state index contributed by atoms with van der Waals surface area (Å²) in [6.07, 6.45) is 10.7. The number of benzene rings is 2. The molecule has 15 nitrogen and oxygen atoms in total. The molecule has 2 aliphatic carbocycles. The Bertz CT molecular complexity index is 2120. The second-order valence-corrected chi connectivity index (χ2v) is 17.0. The van der Waals surface area contributed by atoms with E-state index in [4.69, 9.17) is 4.74 Å². The molecule has 4 aliphatic heterocycles. The van der Waals surface area contributed by atoms with Crippen LogP contribution in [0.25, 0.3) is 11.1 Å². The molecule has 15 heteroatoms. The van der Waals surface area contributed by atoms with E-state index < -0.39 is 22.7 Å². The van der Waals surface area contributed by atoms with Crippen LogP contribution in [-0.4, -0.2) is 119 Å². The Morgan fingerprint density at radius 3 is 2.14 bits per heavy atom. The molecule has 3 aromatic rings. The van der Waals surface area contributed by atoms with Crippen LogP contribution in [0.1, 0.15) is 72.1 Å². The zero-order valence-corrected chi connectivity index (χ0v) is 32.7. The van der Waals surface area contributed by atoms with Gasteiger partial charge in [0.2, 0.25) is 11.8 Å². The molecular weight excluding hydrogens is 729 g/mol. The number of carbonyl (C=O) groups excluding carboxylic acids is 4. The van der Waals surface area contributed by atoms with Gasteiger partial charge < -0.3 is 14.5 Å². The van der Waals surface area contributed by atoms with Crippen molar-refractivity contribution in [2.45, 2.75) is 63.5 Å². The number of ketones is 2. The molecule has 0 bridgehead atoms. The number of hydrogen-bond acceptors (Lipinski definition) is 12. The van der Waals surface area contributed by atoms with Crippen LogP contribution in [0.5, 0.6) is 5.75 Å². The van der Waals surface area contributed by atoms with Crippen LogP contribution in [-0.2, 0) is 16.6 Å². The van der Waals surface area contributed by atoms with Crippen LogP contribution in [0.15, 0.2) is 42.7 Å². The number of carbonyl (C=O) groups is 4. The zero-order chi connectivity index (χ0) is 39.6. The Morgan fingerprint density at radius 1 is 0.825 bits per heavy atom. The number of Topliss-reactive ketones (excluding diaryl/α,β-unsaturated/α-hetero) is 2. The summed E-state index contributed by atoms with van der Waals surface area (Å²) in [5.41, 5.74) is 4.64. The summed E-state index contributed by atoms with van der Waals surface area (Å²) in [6.45, 7) is 7.85. The van der Waals surface area contributed by atoms with Gasteiger partial charge in [0.15, 0.2) is 17.3 Å². The number of nitrogens with zero attached hydrogens (tertiary/aromatic N) is 7. The number of aryl methyl sites for hydroxylation is 1. The van der Waals surface area contributed by atoms with Gasteiger partial charge in [-0.25, -0.2) is 0 Å². The minimum atomic E-state index is -1.04. The minimum absolute atomic E-state index is 0.0479. The zero-order valence-electron chi connectivity index (χ0n) is 32.7. The Kier molecular flexibility index (Phi) is 9.62. The van der Waals surface area contributed by atoms with Crippen LogP contribution >= 0.6 is 0 Å². The highest BCUT2D eigenvalue weighted by molar-refractivity contribution is 6.28. The van der Waals surface area contributed by atoms with Gasteiger partial charge in [0.05, 0.1) is 30.1 Å². The van der Waals surface area contributed by atoms with Gasteiger partial charge in [-0.1, -0.05) is 0 Å². The molecule has 2 aromatic carbocycles. The third-order valence-corrected chi connectivity index (χ3v) is 14.0. The van der Waals surface area contributed by atoms with Crippen molar-refractivity contribution in [1.82, 2.24) is 24.9 Å². The third-order valence-electron chi connectivity index (χ3n) is 14.0. The van der Waals surface area contributed by atoms with E-state index in [9.17, 15) is 29.3 Å². The summed E-state index contributed by atoms with van der Waals surface area (Å²) in [5.74, 6) is -3.06. The number of rotatable bonds is 8. The van der Waals surface area contributed by atoms with E-state index in [2.05, 4.69) is 30.0 Å². The lowest BCUT2D eigenvalue weighted by atomic mass is 9.60. The van der Waals surface area contributed by atoms with Gasteiger partial charge in [0.1, 0.15) is 0 Å². The number of piperidine rings is 3. The molecule has 300 valence electrons. The van der Waals surface area contributed by atoms with Crippen LogP contribution in [0.2, 0.25) is 0 Å². The smallest absolute Gasteiger partial charge is 0.311 e. The maximum atomic E-state index is 13.5. The number of nitrogens with one attached hydrogen (secondary N) is 1. The SMILES string of the molecule is COc1cc(N2CCC(N3CCN(C4CC5(CCN(c6ccc7c(c6)C(=O)C(C6CCC(=O)NC6=O)C7=O)CC5)C4)CC3)CC2)c(-c2cnn(C)c2)cc1[N+](=O)[O-]. The van der Waals surface area contributed by atoms with Gasteiger partial charge in [-0.3, -0.25) is 49.1 Å². The molecule has 2 atom stereocenters. The summed E-state index contributed by atoms with van der Waals surface area (Å²) in [7, 11) is 3.32. The van der Waals surface area contributed by atoms with E-state index in [0.29, 0.717) is 28.6 Å². The molecule has 0 radical (unpaired) electrons. The number of hydrogen-bond donors (Lipinski definition) is 1. The van der Waals surface area contributed by atoms with Crippen molar-refractivity contribution in [1.29, 1.82) is 0 Å². The van der Waals surface area contributed by atoms with Crippen LogP contribution in [0.3, 0.4) is 0 Å². The number of amides is 2. The molecule has 6 aliphatic rings. The number of methoxy groups -OCH3 is 1. The minimum Gasteiger partial charge on any atom is -0.490 e. The average Bonchev–Trinajstić information content (AvgIpc) is 3.75. The van der Waals surface area contributed by atoms with Gasteiger partial charge in [0, 0.05) is 130 Å². The predicted molar refractivity (Wildman–Crippen MR) is 212 cm³/mol. The number of nitro groups is 1. The highest BCUT2D eigenvalue weighted by Gasteiger charge is 2.50. The average molecular weight is 779 g/mol. The van der Waals surface area contributed by atoms with E-state index in [-0.39, 0.29) is 41.8 Å². The maximum Gasteiger partial charge on any atom is 0.311 e. The Balaban J connectivity index is 0.754. The quantitative estimate of drug-likeness (QED) is 0.151. The van der Waals surface area contributed by atoms with Crippen LogP contribution in [0, 0.1) is 27.4 Å². The first-order chi connectivity index (χ1) is 27.5. The van der Waals surface area contributed by atoms with Crippen molar-refractivity contribution in [3.63, 3.8) is 0 Å². The number of anilines is 2. The first-order valence-electron chi connectivity index (χ1n) is 20.4. The van der Waals surface area contributed by atoms with Crippen molar-refractivity contribution < 1.29 is 28.8 Å². The molecule has 57 heavy (non-hydrogen) atoms. The van der Waals surface area contributed by atoms with Crippen molar-refractivity contribution >= 4 is 40.4 Å². The van der Waals surface area contributed by atoms with E-state index in [1.54, 1.807) is 23.0 Å². The molecule has 2 unspecified atom stereocenters. The van der Waals surface area contributed by atoms with Gasteiger partial charge >= 0.3 is 5.69 Å². The first-order valence-corrected chi connectivity index (χ1v) is 20.4. The lowest BCUT2D eigenvalue weighted by Crippen LogP contribution is -2.60. The van der Waals surface area contributed by atoms with Gasteiger partial charge in [0.25, 0.3) is 0 Å². The lowest BCUT2D eigenvalue weighted by molar-refractivity contribution is -0.385. The molecule has 4 saturated heterocycles. The molecule has 9 rings (SSSR count). The Hall–Kier alpha value is -5.15. The fourth-order valence-electron chi connectivity index (χ4n) is 10.7. The number of piperazine rings is 1. The molecule has 2 amide bonds. The molecule has 5 fully saturated rings. The summed E-state index contributed by atoms with van der Waals surface area (Å²) in [6, 6.07) is 10.1. The maximum absolute atomic E-state index is 13.5. The number of nitro benzene ring substituents is 1. The first kappa shape index (κ1) is 37.4. The number of aromatic nitrogens is 2. The second-order valence-electron chi connectivity index (χ2n) is 17.0. The fraction of sp³-hybridized carbons (Fsp3) is 0.548. The topological polar surface area (TPSA) is 163 Å². The number of imide groups is 1. The normalized spacial score (nSPS) is 24.8. The third kappa shape index (κ3) is 6.77. The summed E-state index contributed by atoms with van der Waals surface area (Å²) >= 11 is 0. The summed E-state index contributed by atoms with van der Waals surface area (Å²) in [5, 5.41) is 18.5. The van der Waals surface area contributed by atoms with Gasteiger partial charge in [-0.15, -0.1) is 0 Å². The fourth-order valence-corrected chi connectivity index (χ4v) is 10.7. The Morgan fingerprint density at radius 2 is 1.51 bits per heavy atom. The van der Waals surface area contributed by atoms with Crippen molar-refractivity contribution in [3.05, 3.63) is 64.0 Å². The van der Waals surface area contributed by atoms with E-state index in [0.717, 1.165) is 101 Å². The molecule has 1 aromatic heterocycles. The van der Waals surface area contributed by atoms with Gasteiger partial charge in [-0.05, 0) is 68.6 Å². The molecule has 5 heterocycles. The molecule has 1 spiro atoms. The standard InChI is InChI=1S/C42H50N8O7/c1-45-25-26(24-43-45)32-20-35(50(55)56)36(57-2)21-34(32)49-11-7-27(8-12-49)47-15-17-48(18-16-47)29-22-42(23-29)9-13-46(14-10-42)28-3-4-30-33(19-28)40(53)38(39(30)52)31-5-6-37(51)44-41(31)54/h3-4,19-21,24-25,27,29,31,38H,5-18,22-23H2,1-2H3,(H,44,51,54). The highest BCUT2D eigenvalue weighted by atomic mass is 16.6. The number of fused-ring (bicyclic) bond motifs is 1. The van der Waals surface area contributed by atoms with Crippen molar-refractivity contribution in [2.24, 2.45) is 24.3 Å². The van der Waals surface area contributed by atoms with Crippen LogP contribution in [0.4, 0.5) is 17.1 Å². The Labute approximate surface area is 331 Å². The highest BCUT2D eigenvalue weighted by Crippen LogP contribution is 2.52. The molecule has 1 saturated carbocycles. The van der Waals surface area contributed by atoms with Gasteiger partial charge in [-0.2, -0.15) is 5.10 Å². The largest absolute Gasteiger partial charge is 0.490 e. The van der Waals surface area contributed by atoms with Crippen molar-refractivity contribution in [3.8, 4) is 16.9 Å². The summed E-state index contributed by atoms with van der Waals surface area (Å²) < 4.78 is 7.17.